The molecule has 0 spiro atoms. The number of amides is 1. The van der Waals surface area contributed by atoms with E-state index in [0.29, 0.717) is 11.4 Å². The van der Waals surface area contributed by atoms with Crippen molar-refractivity contribution in [3.8, 4) is 0 Å². The number of aryl methyl sites for hydroxylation is 1. The molecule has 0 aliphatic heterocycles. The Morgan fingerprint density at radius 3 is 2.45 bits per heavy atom. The second-order valence-electron chi connectivity index (χ2n) is 7.55. The van der Waals surface area contributed by atoms with Crippen LogP contribution in [-0.4, -0.2) is 11.7 Å². The molecule has 1 aromatic rings. The molecular weight excluding hydrogens is 298 g/mol. The summed E-state index contributed by atoms with van der Waals surface area (Å²) in [5.41, 5.74) is 0.391. The van der Waals surface area contributed by atoms with Crippen LogP contribution in [0.4, 0.5) is 5.69 Å². The predicted octanol–water partition coefficient (Wildman–Crippen LogP) is 4.37. The highest BCUT2D eigenvalue weighted by Gasteiger charge is 2.72. The van der Waals surface area contributed by atoms with E-state index in [1.54, 1.807) is 12.1 Å². The Bertz CT molecular complexity index is 682. The number of fused-ring (bicyclic) bond motifs is 2. The molecule has 2 atom stereocenters. The number of Topliss-reactive ketones (excluding diaryl/α,β-unsaturated/α-hetero) is 1. The van der Waals surface area contributed by atoms with Gasteiger partial charge in [-0.1, -0.05) is 38.4 Å². The van der Waals surface area contributed by atoms with E-state index < -0.39 is 5.41 Å². The molecule has 2 fully saturated rings. The number of carbonyl (C=O) groups is 2. The minimum absolute atomic E-state index is 0.0440. The molecule has 2 aliphatic rings. The fourth-order valence-electron chi connectivity index (χ4n) is 4.33. The first-order chi connectivity index (χ1) is 10.1. The maximum absolute atomic E-state index is 13.1. The molecule has 1 amide bonds. The number of anilines is 1. The number of halogens is 1. The van der Waals surface area contributed by atoms with Crippen molar-refractivity contribution in [1.82, 2.24) is 0 Å². The van der Waals surface area contributed by atoms with Crippen LogP contribution >= 0.6 is 11.6 Å². The number of benzene rings is 1. The quantitative estimate of drug-likeness (QED) is 0.879. The number of rotatable bonds is 2. The fraction of sp³-hybridized carbons (Fsp3) is 0.556. The summed E-state index contributed by atoms with van der Waals surface area (Å²) in [4.78, 5) is 25.5. The lowest BCUT2D eigenvalue weighted by atomic mass is 9.64. The van der Waals surface area contributed by atoms with Gasteiger partial charge in [0, 0.05) is 22.5 Å². The summed E-state index contributed by atoms with van der Waals surface area (Å²) < 4.78 is 0. The Morgan fingerprint density at radius 1 is 1.23 bits per heavy atom. The largest absolute Gasteiger partial charge is 0.325 e. The Morgan fingerprint density at radius 2 is 1.91 bits per heavy atom. The molecule has 3 nitrogen and oxygen atoms in total. The summed E-state index contributed by atoms with van der Waals surface area (Å²) in [5, 5.41) is 3.62. The van der Waals surface area contributed by atoms with E-state index in [1.165, 1.54) is 0 Å². The minimum Gasteiger partial charge on any atom is -0.325 e. The number of carbonyl (C=O) groups excluding carboxylic acids is 2. The van der Waals surface area contributed by atoms with Crippen LogP contribution in [0.15, 0.2) is 18.2 Å². The molecule has 4 heteroatoms. The van der Waals surface area contributed by atoms with Gasteiger partial charge in [0.25, 0.3) is 0 Å². The first kappa shape index (κ1) is 15.5. The molecular formula is C18H22ClNO2. The van der Waals surface area contributed by atoms with Gasteiger partial charge >= 0.3 is 0 Å². The van der Waals surface area contributed by atoms with E-state index in [9.17, 15) is 9.59 Å². The van der Waals surface area contributed by atoms with Gasteiger partial charge in [-0.05, 0) is 42.9 Å². The summed E-state index contributed by atoms with van der Waals surface area (Å²) >= 11 is 6.03. The van der Waals surface area contributed by atoms with Crippen LogP contribution in [-0.2, 0) is 9.59 Å². The third-order valence-electron chi connectivity index (χ3n) is 6.59. The maximum Gasteiger partial charge on any atom is 0.231 e. The number of hydrogen-bond donors (Lipinski definition) is 1. The molecule has 1 aromatic carbocycles. The van der Waals surface area contributed by atoms with Crippen LogP contribution in [0.25, 0.3) is 0 Å². The smallest absolute Gasteiger partial charge is 0.231 e. The van der Waals surface area contributed by atoms with Gasteiger partial charge in [-0.15, -0.1) is 0 Å². The van der Waals surface area contributed by atoms with E-state index in [4.69, 9.17) is 11.6 Å². The minimum atomic E-state index is -0.604. The Kier molecular flexibility index (Phi) is 3.23. The summed E-state index contributed by atoms with van der Waals surface area (Å²) in [6.45, 7) is 8.08. The van der Waals surface area contributed by atoms with Crippen molar-refractivity contribution >= 4 is 29.0 Å². The summed E-state index contributed by atoms with van der Waals surface area (Å²) in [6.07, 6.45) is 1.91. The van der Waals surface area contributed by atoms with E-state index in [2.05, 4.69) is 19.2 Å². The van der Waals surface area contributed by atoms with Gasteiger partial charge in [0.15, 0.2) is 0 Å². The highest BCUT2D eigenvalue weighted by Crippen LogP contribution is 2.70. The second kappa shape index (κ2) is 4.58. The molecule has 2 saturated carbocycles. The SMILES string of the molecule is Cc1ccc(Cl)cc1NC(=O)[C@@]12CC[C@](C)(C(=O)C1)C2(C)C. The van der Waals surface area contributed by atoms with Crippen molar-refractivity contribution in [3.63, 3.8) is 0 Å². The van der Waals surface area contributed by atoms with Crippen molar-refractivity contribution in [2.24, 2.45) is 16.2 Å². The zero-order chi connectivity index (χ0) is 16.3. The fourth-order valence-corrected chi connectivity index (χ4v) is 4.50. The van der Waals surface area contributed by atoms with Crippen LogP contribution in [0.2, 0.25) is 5.02 Å². The monoisotopic (exact) mass is 319 g/mol. The number of nitrogens with one attached hydrogen (secondary N) is 1. The van der Waals surface area contributed by atoms with Crippen molar-refractivity contribution < 1.29 is 9.59 Å². The van der Waals surface area contributed by atoms with E-state index in [-0.39, 0.29) is 22.5 Å². The highest BCUT2D eigenvalue weighted by atomic mass is 35.5. The Hall–Kier alpha value is -1.35. The van der Waals surface area contributed by atoms with E-state index in [1.807, 2.05) is 19.9 Å². The first-order valence-electron chi connectivity index (χ1n) is 7.75. The summed E-state index contributed by atoms with van der Waals surface area (Å²) in [5.74, 6) is 0.180. The van der Waals surface area contributed by atoms with Gasteiger partial charge in [0.2, 0.25) is 5.91 Å². The molecule has 22 heavy (non-hydrogen) atoms. The standard InChI is InChI=1S/C18H22ClNO2/c1-11-5-6-12(19)9-13(11)20-15(22)18-8-7-17(4,14(21)10-18)16(18,2)3/h5-6,9H,7-8,10H2,1-4H3,(H,20,22)/t17-,18-/m1/s1. The molecule has 0 unspecified atom stereocenters. The van der Waals surface area contributed by atoms with Gasteiger partial charge < -0.3 is 5.32 Å². The molecule has 1 N–H and O–H groups in total. The predicted molar refractivity (Wildman–Crippen MR) is 88.0 cm³/mol. The van der Waals surface area contributed by atoms with Gasteiger partial charge in [-0.25, -0.2) is 0 Å². The van der Waals surface area contributed by atoms with Gasteiger partial charge in [-0.2, -0.15) is 0 Å². The molecule has 0 heterocycles. The molecule has 0 saturated heterocycles. The van der Waals surface area contributed by atoms with Crippen molar-refractivity contribution in [3.05, 3.63) is 28.8 Å². The van der Waals surface area contributed by atoms with Crippen LogP contribution in [0, 0.1) is 23.2 Å². The van der Waals surface area contributed by atoms with Gasteiger partial charge in [-0.3, -0.25) is 9.59 Å². The molecule has 0 radical (unpaired) electrons. The second-order valence-corrected chi connectivity index (χ2v) is 7.99. The van der Waals surface area contributed by atoms with Gasteiger partial charge in [0.05, 0.1) is 5.41 Å². The zero-order valence-electron chi connectivity index (χ0n) is 13.5. The summed E-state index contributed by atoms with van der Waals surface area (Å²) in [7, 11) is 0. The van der Waals surface area contributed by atoms with Gasteiger partial charge in [0.1, 0.15) is 5.78 Å². The molecule has 3 rings (SSSR count). The number of hydrogen-bond acceptors (Lipinski definition) is 2. The lowest BCUT2D eigenvalue weighted by Crippen LogP contribution is -2.43. The number of ketones is 1. The highest BCUT2D eigenvalue weighted by molar-refractivity contribution is 6.31. The van der Waals surface area contributed by atoms with Crippen molar-refractivity contribution in [2.75, 3.05) is 5.32 Å². The lowest BCUT2D eigenvalue weighted by molar-refractivity contribution is -0.131. The average molecular weight is 320 g/mol. The molecule has 118 valence electrons. The summed E-state index contributed by atoms with van der Waals surface area (Å²) in [6, 6.07) is 5.46. The maximum atomic E-state index is 13.1. The van der Waals surface area contributed by atoms with Crippen LogP contribution < -0.4 is 5.32 Å². The topological polar surface area (TPSA) is 46.2 Å². The molecule has 0 aromatic heterocycles. The lowest BCUT2D eigenvalue weighted by Gasteiger charge is -2.38. The Labute approximate surface area is 136 Å². The molecule has 2 aliphatic carbocycles. The normalized spacial score (nSPS) is 32.3. The third kappa shape index (κ3) is 1.75. The van der Waals surface area contributed by atoms with Crippen LogP contribution in [0.1, 0.15) is 45.6 Å². The van der Waals surface area contributed by atoms with E-state index in [0.717, 1.165) is 24.1 Å². The van der Waals surface area contributed by atoms with E-state index >= 15 is 0 Å². The Balaban J connectivity index is 1.96. The molecule has 2 bridgehead atoms. The van der Waals surface area contributed by atoms with Crippen molar-refractivity contribution in [2.45, 2.75) is 47.0 Å². The first-order valence-corrected chi connectivity index (χ1v) is 8.13. The van der Waals surface area contributed by atoms with Crippen molar-refractivity contribution in [1.29, 1.82) is 0 Å². The zero-order valence-corrected chi connectivity index (χ0v) is 14.3. The third-order valence-corrected chi connectivity index (χ3v) is 6.82. The average Bonchev–Trinajstić information content (AvgIpc) is 2.73. The van der Waals surface area contributed by atoms with Crippen LogP contribution in [0.3, 0.4) is 0 Å². The van der Waals surface area contributed by atoms with Crippen LogP contribution in [0.5, 0.6) is 0 Å².